The standard InChI is InChI=1S/C13H21ClN4O2S/c1-10(2)9-17-13(15)16-6-7-18-21(19,20)12-5-3-4-11(14)8-12/h3-5,8,10,18H,6-7,9H2,1-2H3,(H3,15,16,17). The molecule has 1 rings (SSSR count). The number of hydrogen-bond donors (Lipinski definition) is 3. The van der Waals surface area contributed by atoms with Gasteiger partial charge in [-0.05, 0) is 24.1 Å². The Balaban J connectivity index is 2.43. The van der Waals surface area contributed by atoms with Crippen molar-refractivity contribution >= 4 is 27.6 Å². The van der Waals surface area contributed by atoms with Gasteiger partial charge in [0.05, 0.1) is 4.90 Å². The minimum absolute atomic E-state index is 0.136. The molecule has 0 unspecified atom stereocenters. The lowest BCUT2D eigenvalue weighted by atomic mass is 10.2. The maximum atomic E-state index is 12.0. The Morgan fingerprint density at radius 1 is 1.38 bits per heavy atom. The first-order valence-corrected chi connectivity index (χ1v) is 8.46. The smallest absolute Gasteiger partial charge is 0.240 e. The lowest BCUT2D eigenvalue weighted by Crippen LogP contribution is -2.38. The second-order valence-electron chi connectivity index (χ2n) is 4.90. The summed E-state index contributed by atoms with van der Waals surface area (Å²) in [4.78, 5) is 4.25. The van der Waals surface area contributed by atoms with Crippen molar-refractivity contribution in [2.45, 2.75) is 18.7 Å². The molecule has 0 spiro atoms. The van der Waals surface area contributed by atoms with E-state index < -0.39 is 10.0 Å². The second-order valence-corrected chi connectivity index (χ2v) is 7.11. The van der Waals surface area contributed by atoms with E-state index in [9.17, 15) is 8.42 Å². The highest BCUT2D eigenvalue weighted by Gasteiger charge is 2.13. The van der Waals surface area contributed by atoms with Crippen molar-refractivity contribution in [1.29, 1.82) is 0 Å². The summed E-state index contributed by atoms with van der Waals surface area (Å²) in [7, 11) is -3.56. The number of aliphatic imine (C=N–C) groups is 1. The highest BCUT2D eigenvalue weighted by atomic mass is 35.5. The zero-order valence-corrected chi connectivity index (χ0v) is 13.7. The highest BCUT2D eigenvalue weighted by molar-refractivity contribution is 7.89. The lowest BCUT2D eigenvalue weighted by Gasteiger charge is -2.09. The highest BCUT2D eigenvalue weighted by Crippen LogP contribution is 2.14. The summed E-state index contributed by atoms with van der Waals surface area (Å²) in [6.45, 7) is 5.26. The van der Waals surface area contributed by atoms with E-state index in [0.717, 1.165) is 0 Å². The Labute approximate surface area is 130 Å². The van der Waals surface area contributed by atoms with Gasteiger partial charge in [-0.2, -0.15) is 0 Å². The minimum atomic E-state index is -3.56. The van der Waals surface area contributed by atoms with Crippen molar-refractivity contribution in [2.24, 2.45) is 16.6 Å². The molecule has 0 saturated heterocycles. The van der Waals surface area contributed by atoms with E-state index in [1.54, 1.807) is 12.1 Å². The van der Waals surface area contributed by atoms with E-state index >= 15 is 0 Å². The average molecular weight is 333 g/mol. The van der Waals surface area contributed by atoms with Crippen LogP contribution in [0.25, 0.3) is 0 Å². The van der Waals surface area contributed by atoms with Gasteiger partial charge in [0.2, 0.25) is 10.0 Å². The molecule has 0 saturated carbocycles. The van der Waals surface area contributed by atoms with Crippen LogP contribution in [0.5, 0.6) is 0 Å². The predicted molar refractivity (Wildman–Crippen MR) is 86.0 cm³/mol. The largest absolute Gasteiger partial charge is 0.370 e. The monoisotopic (exact) mass is 332 g/mol. The van der Waals surface area contributed by atoms with Crippen LogP contribution in [0, 0.1) is 5.92 Å². The Bertz CT molecular complexity index is 588. The fourth-order valence-corrected chi connectivity index (χ4v) is 2.76. The summed E-state index contributed by atoms with van der Waals surface area (Å²) in [5.74, 6) is 0.734. The molecule has 8 heteroatoms. The summed E-state index contributed by atoms with van der Waals surface area (Å²) in [5.41, 5.74) is 5.65. The normalized spacial score (nSPS) is 12.7. The van der Waals surface area contributed by atoms with Crippen LogP contribution >= 0.6 is 11.6 Å². The quantitative estimate of drug-likeness (QED) is 0.397. The third kappa shape index (κ3) is 6.79. The SMILES string of the molecule is CC(C)CN=C(N)NCCNS(=O)(=O)c1cccc(Cl)c1. The Kier molecular flexibility index (Phi) is 6.94. The predicted octanol–water partition coefficient (Wildman–Crippen LogP) is 1.18. The summed E-state index contributed by atoms with van der Waals surface area (Å²) in [5, 5.41) is 3.22. The minimum Gasteiger partial charge on any atom is -0.370 e. The van der Waals surface area contributed by atoms with Gasteiger partial charge in [-0.15, -0.1) is 0 Å². The molecule has 0 radical (unpaired) electrons. The topological polar surface area (TPSA) is 96.6 Å². The van der Waals surface area contributed by atoms with Gasteiger partial charge >= 0.3 is 0 Å². The van der Waals surface area contributed by atoms with Crippen LogP contribution in [0.2, 0.25) is 5.02 Å². The first kappa shape index (κ1) is 17.7. The second kappa shape index (κ2) is 8.21. The molecule has 0 aliphatic rings. The maximum Gasteiger partial charge on any atom is 0.240 e. The van der Waals surface area contributed by atoms with Crippen LogP contribution in [-0.2, 0) is 10.0 Å². The van der Waals surface area contributed by atoms with E-state index in [1.165, 1.54) is 12.1 Å². The molecule has 0 aliphatic heterocycles. The van der Waals surface area contributed by atoms with Gasteiger partial charge in [-0.3, -0.25) is 4.99 Å². The number of benzene rings is 1. The van der Waals surface area contributed by atoms with Crippen LogP contribution in [0.15, 0.2) is 34.2 Å². The molecule has 1 aromatic carbocycles. The Morgan fingerprint density at radius 2 is 2.10 bits per heavy atom. The zero-order chi connectivity index (χ0) is 15.9. The molecule has 0 atom stereocenters. The summed E-state index contributed by atoms with van der Waals surface area (Å²) in [6, 6.07) is 6.09. The number of hydrogen-bond acceptors (Lipinski definition) is 3. The zero-order valence-electron chi connectivity index (χ0n) is 12.1. The summed E-state index contributed by atoms with van der Waals surface area (Å²) < 4.78 is 26.4. The first-order chi connectivity index (χ1) is 9.81. The number of rotatable bonds is 7. The molecule has 118 valence electrons. The van der Waals surface area contributed by atoms with Crippen molar-refractivity contribution in [1.82, 2.24) is 10.0 Å². The van der Waals surface area contributed by atoms with Crippen molar-refractivity contribution in [2.75, 3.05) is 19.6 Å². The molecule has 1 aromatic rings. The van der Waals surface area contributed by atoms with Gasteiger partial charge in [0, 0.05) is 24.7 Å². The maximum absolute atomic E-state index is 12.0. The van der Waals surface area contributed by atoms with Gasteiger partial charge in [-0.1, -0.05) is 31.5 Å². The van der Waals surface area contributed by atoms with Gasteiger partial charge in [0.15, 0.2) is 5.96 Å². The van der Waals surface area contributed by atoms with Crippen LogP contribution < -0.4 is 15.8 Å². The fraction of sp³-hybridized carbons (Fsp3) is 0.462. The number of guanidine groups is 1. The average Bonchev–Trinajstić information content (AvgIpc) is 2.41. The third-order valence-corrected chi connectivity index (χ3v) is 4.15. The van der Waals surface area contributed by atoms with Crippen LogP contribution in [0.3, 0.4) is 0 Å². The molecule has 0 fully saturated rings. The van der Waals surface area contributed by atoms with Crippen molar-refractivity contribution in [3.05, 3.63) is 29.3 Å². The Morgan fingerprint density at radius 3 is 2.71 bits per heavy atom. The van der Waals surface area contributed by atoms with Gasteiger partial charge < -0.3 is 11.1 Å². The van der Waals surface area contributed by atoms with Gasteiger partial charge in [0.25, 0.3) is 0 Å². The number of sulfonamides is 1. The molecule has 0 aliphatic carbocycles. The van der Waals surface area contributed by atoms with Crippen LogP contribution in [-0.4, -0.2) is 34.0 Å². The number of halogens is 1. The molecule has 4 N–H and O–H groups in total. The van der Waals surface area contributed by atoms with E-state index in [1.807, 2.05) is 13.8 Å². The van der Waals surface area contributed by atoms with Crippen molar-refractivity contribution in [3.8, 4) is 0 Å². The molecule has 21 heavy (non-hydrogen) atoms. The number of nitrogens with zero attached hydrogens (tertiary/aromatic N) is 1. The molecule has 6 nitrogen and oxygen atoms in total. The van der Waals surface area contributed by atoms with Crippen molar-refractivity contribution < 1.29 is 8.42 Å². The van der Waals surface area contributed by atoms with Gasteiger partial charge in [-0.25, -0.2) is 13.1 Å². The summed E-state index contributed by atoms with van der Waals surface area (Å²) >= 11 is 5.78. The third-order valence-electron chi connectivity index (χ3n) is 2.46. The molecular weight excluding hydrogens is 312 g/mol. The lowest BCUT2D eigenvalue weighted by molar-refractivity contribution is 0.580. The number of nitrogens with two attached hydrogens (primary N) is 1. The van der Waals surface area contributed by atoms with E-state index in [-0.39, 0.29) is 11.4 Å². The molecule has 0 bridgehead atoms. The van der Waals surface area contributed by atoms with E-state index in [0.29, 0.717) is 30.0 Å². The first-order valence-electron chi connectivity index (χ1n) is 6.60. The molecule has 0 aromatic heterocycles. The van der Waals surface area contributed by atoms with Crippen LogP contribution in [0.4, 0.5) is 0 Å². The molecule has 0 heterocycles. The van der Waals surface area contributed by atoms with Crippen LogP contribution in [0.1, 0.15) is 13.8 Å². The fourth-order valence-electron chi connectivity index (χ4n) is 1.43. The molecular formula is C13H21ClN4O2S. The Hall–Kier alpha value is -1.31. The molecule has 0 amide bonds. The number of nitrogens with one attached hydrogen (secondary N) is 2. The van der Waals surface area contributed by atoms with E-state index in [4.69, 9.17) is 17.3 Å². The van der Waals surface area contributed by atoms with Gasteiger partial charge in [0.1, 0.15) is 0 Å². The summed E-state index contributed by atoms with van der Waals surface area (Å²) in [6.07, 6.45) is 0. The van der Waals surface area contributed by atoms with Crippen molar-refractivity contribution in [3.63, 3.8) is 0 Å². The van der Waals surface area contributed by atoms with E-state index in [2.05, 4.69) is 15.0 Å².